The van der Waals surface area contributed by atoms with Crippen molar-refractivity contribution in [3.8, 4) is 5.82 Å². The fourth-order valence-electron chi connectivity index (χ4n) is 3.53. The molecule has 9 heteroatoms. The molecule has 3 aromatic rings. The second-order valence-corrected chi connectivity index (χ2v) is 8.75. The molecular weight excluding hydrogens is 416 g/mol. The summed E-state index contributed by atoms with van der Waals surface area (Å²) in [7, 11) is 0. The highest BCUT2D eigenvalue weighted by Crippen LogP contribution is 2.30. The smallest absolute Gasteiger partial charge is 0.230 e. The van der Waals surface area contributed by atoms with Crippen molar-refractivity contribution in [3.05, 3.63) is 66.0 Å². The highest BCUT2D eigenvalue weighted by molar-refractivity contribution is 6.03. The van der Waals surface area contributed by atoms with Gasteiger partial charge in [-0.25, -0.2) is 13.8 Å². The van der Waals surface area contributed by atoms with E-state index in [1.807, 2.05) is 26.8 Å². The third-order valence-corrected chi connectivity index (χ3v) is 5.29. The molecular formula is C23H23F2N5O2. The zero-order chi connectivity index (χ0) is 23.0. The predicted molar refractivity (Wildman–Crippen MR) is 116 cm³/mol. The van der Waals surface area contributed by atoms with Crippen molar-refractivity contribution in [2.45, 2.75) is 32.6 Å². The van der Waals surface area contributed by atoms with Crippen LogP contribution in [0.15, 0.2) is 48.7 Å². The highest BCUT2D eigenvalue weighted by atomic mass is 19.1. The molecule has 2 aromatic heterocycles. The summed E-state index contributed by atoms with van der Waals surface area (Å²) in [4.78, 5) is 31.0. The van der Waals surface area contributed by atoms with E-state index in [0.29, 0.717) is 11.6 Å². The number of nitrogens with zero attached hydrogens (tertiary/aromatic N) is 4. The highest BCUT2D eigenvalue weighted by Gasteiger charge is 2.37. The molecule has 32 heavy (non-hydrogen) atoms. The van der Waals surface area contributed by atoms with Crippen LogP contribution in [-0.2, 0) is 15.0 Å². The van der Waals surface area contributed by atoms with Gasteiger partial charge in [-0.05, 0) is 24.3 Å². The van der Waals surface area contributed by atoms with E-state index in [4.69, 9.17) is 0 Å². The van der Waals surface area contributed by atoms with Gasteiger partial charge in [-0.3, -0.25) is 9.59 Å². The SMILES string of the molecule is CC(C)(C)c1cc(NC(=O)C2CC(=O)N(c3ccc(F)cc3F)C2)n(-c2ccccn2)n1. The fraction of sp³-hybridized carbons (Fsp3) is 0.304. The molecule has 1 unspecified atom stereocenters. The third-order valence-electron chi connectivity index (χ3n) is 5.29. The average molecular weight is 439 g/mol. The van der Waals surface area contributed by atoms with Gasteiger partial charge < -0.3 is 10.2 Å². The van der Waals surface area contributed by atoms with Gasteiger partial charge in [0.1, 0.15) is 17.5 Å². The number of halogens is 2. The average Bonchev–Trinajstić information content (AvgIpc) is 3.33. The van der Waals surface area contributed by atoms with Crippen LogP contribution in [0.2, 0.25) is 0 Å². The summed E-state index contributed by atoms with van der Waals surface area (Å²) >= 11 is 0. The van der Waals surface area contributed by atoms with E-state index < -0.39 is 23.5 Å². The number of aromatic nitrogens is 3. The zero-order valence-electron chi connectivity index (χ0n) is 18.0. The van der Waals surface area contributed by atoms with Crippen LogP contribution in [0.4, 0.5) is 20.3 Å². The minimum Gasteiger partial charge on any atom is -0.310 e. The first-order chi connectivity index (χ1) is 15.1. The van der Waals surface area contributed by atoms with E-state index in [2.05, 4.69) is 15.4 Å². The molecule has 2 amide bonds. The Balaban J connectivity index is 1.58. The summed E-state index contributed by atoms with van der Waals surface area (Å²) in [6.07, 6.45) is 1.55. The van der Waals surface area contributed by atoms with Gasteiger partial charge in [-0.2, -0.15) is 9.78 Å². The molecule has 1 aromatic carbocycles. The third kappa shape index (κ3) is 4.23. The second-order valence-electron chi connectivity index (χ2n) is 8.75. The molecule has 7 nitrogen and oxygen atoms in total. The summed E-state index contributed by atoms with van der Waals surface area (Å²) in [5, 5.41) is 7.45. The summed E-state index contributed by atoms with van der Waals surface area (Å²) in [5.41, 5.74) is 0.455. The van der Waals surface area contributed by atoms with Crippen LogP contribution in [0, 0.1) is 17.6 Å². The number of amides is 2. The van der Waals surface area contributed by atoms with Crippen molar-refractivity contribution in [1.29, 1.82) is 0 Å². The number of hydrogen-bond donors (Lipinski definition) is 1. The van der Waals surface area contributed by atoms with Crippen molar-refractivity contribution in [2.24, 2.45) is 5.92 Å². The molecule has 3 heterocycles. The number of pyridine rings is 1. The van der Waals surface area contributed by atoms with Crippen molar-refractivity contribution in [2.75, 3.05) is 16.8 Å². The zero-order valence-corrected chi connectivity index (χ0v) is 18.0. The number of rotatable bonds is 4. The standard InChI is InChI=1S/C23H23F2N5O2/c1-23(2,3)18-12-20(30(28-18)19-6-4-5-9-26-19)27-22(32)14-10-21(31)29(13-14)17-8-7-15(24)11-16(17)25/h4-9,11-12,14H,10,13H2,1-3H3,(H,27,32). The molecule has 4 rings (SSSR count). The molecule has 0 spiro atoms. The van der Waals surface area contributed by atoms with Crippen molar-refractivity contribution in [1.82, 2.24) is 14.8 Å². The van der Waals surface area contributed by atoms with Crippen LogP contribution >= 0.6 is 0 Å². The van der Waals surface area contributed by atoms with Gasteiger partial charge >= 0.3 is 0 Å². The molecule has 0 bridgehead atoms. The molecule has 1 aliphatic rings. The van der Waals surface area contributed by atoms with Crippen LogP contribution in [0.25, 0.3) is 5.82 Å². The van der Waals surface area contributed by atoms with Gasteiger partial charge in [0.05, 0.1) is 17.3 Å². The Morgan fingerprint density at radius 2 is 1.94 bits per heavy atom. The maximum absolute atomic E-state index is 14.2. The Labute approximate surface area is 184 Å². The van der Waals surface area contributed by atoms with Gasteiger partial charge in [0.25, 0.3) is 0 Å². The van der Waals surface area contributed by atoms with Gasteiger partial charge in [0.15, 0.2) is 5.82 Å². The first kappa shape index (κ1) is 21.6. The Hall–Kier alpha value is -3.62. The number of carbonyl (C=O) groups is 2. The molecule has 1 atom stereocenters. The van der Waals surface area contributed by atoms with Gasteiger partial charge in [-0.15, -0.1) is 0 Å². The summed E-state index contributed by atoms with van der Waals surface area (Å²) < 4.78 is 28.9. The molecule has 1 aliphatic heterocycles. The minimum atomic E-state index is -0.845. The lowest BCUT2D eigenvalue weighted by molar-refractivity contribution is -0.122. The van der Waals surface area contributed by atoms with Crippen molar-refractivity contribution < 1.29 is 18.4 Å². The van der Waals surface area contributed by atoms with E-state index in [9.17, 15) is 18.4 Å². The first-order valence-electron chi connectivity index (χ1n) is 10.2. The minimum absolute atomic E-state index is 0.00291. The van der Waals surface area contributed by atoms with Crippen LogP contribution in [-0.4, -0.2) is 33.1 Å². The fourth-order valence-corrected chi connectivity index (χ4v) is 3.53. The Morgan fingerprint density at radius 3 is 2.59 bits per heavy atom. The quantitative estimate of drug-likeness (QED) is 0.670. The molecule has 0 saturated carbocycles. The lowest BCUT2D eigenvalue weighted by atomic mass is 9.92. The van der Waals surface area contributed by atoms with Crippen LogP contribution in [0.5, 0.6) is 0 Å². The van der Waals surface area contributed by atoms with E-state index in [-0.39, 0.29) is 30.0 Å². The Kier molecular flexibility index (Phi) is 5.50. The molecule has 0 aliphatic carbocycles. The largest absolute Gasteiger partial charge is 0.310 e. The van der Waals surface area contributed by atoms with E-state index in [1.54, 1.807) is 29.1 Å². The molecule has 1 fully saturated rings. The monoisotopic (exact) mass is 439 g/mol. The number of carbonyl (C=O) groups excluding carboxylic acids is 2. The maximum atomic E-state index is 14.2. The summed E-state index contributed by atoms with van der Waals surface area (Å²) in [5.74, 6) is -2.09. The number of hydrogen-bond acceptors (Lipinski definition) is 4. The van der Waals surface area contributed by atoms with Crippen LogP contribution in [0.1, 0.15) is 32.9 Å². The molecule has 166 valence electrons. The number of nitrogens with one attached hydrogen (secondary N) is 1. The van der Waals surface area contributed by atoms with Crippen LogP contribution < -0.4 is 10.2 Å². The lowest BCUT2D eigenvalue weighted by Crippen LogP contribution is -2.29. The van der Waals surface area contributed by atoms with Crippen molar-refractivity contribution >= 4 is 23.3 Å². The molecule has 1 N–H and O–H groups in total. The van der Waals surface area contributed by atoms with Gasteiger partial charge in [0, 0.05) is 36.7 Å². The van der Waals surface area contributed by atoms with E-state index in [1.165, 1.54) is 11.0 Å². The summed E-state index contributed by atoms with van der Waals surface area (Å²) in [6, 6.07) is 10.1. The van der Waals surface area contributed by atoms with Gasteiger partial charge in [0.2, 0.25) is 11.8 Å². The first-order valence-corrected chi connectivity index (χ1v) is 10.2. The van der Waals surface area contributed by atoms with Gasteiger partial charge in [-0.1, -0.05) is 26.8 Å². The topological polar surface area (TPSA) is 80.1 Å². The Bertz CT molecular complexity index is 1170. The maximum Gasteiger partial charge on any atom is 0.230 e. The predicted octanol–water partition coefficient (Wildman–Crippen LogP) is 3.83. The second kappa shape index (κ2) is 8.14. The Morgan fingerprint density at radius 1 is 1.16 bits per heavy atom. The molecule has 0 radical (unpaired) electrons. The van der Waals surface area contributed by atoms with E-state index >= 15 is 0 Å². The van der Waals surface area contributed by atoms with Crippen LogP contribution in [0.3, 0.4) is 0 Å². The summed E-state index contributed by atoms with van der Waals surface area (Å²) in [6.45, 7) is 6.02. The number of anilines is 2. The normalized spacial score (nSPS) is 16.5. The number of benzene rings is 1. The van der Waals surface area contributed by atoms with Crippen molar-refractivity contribution in [3.63, 3.8) is 0 Å². The lowest BCUT2D eigenvalue weighted by Gasteiger charge is -2.17. The molecule has 1 saturated heterocycles. The van der Waals surface area contributed by atoms with E-state index in [0.717, 1.165) is 17.8 Å².